The van der Waals surface area contributed by atoms with E-state index in [0.29, 0.717) is 36.1 Å². The molecular formula is C28H38N6O4. The number of ether oxygens (including phenoxy) is 3. The lowest BCUT2D eigenvalue weighted by Gasteiger charge is -2.37. The van der Waals surface area contributed by atoms with Crippen molar-refractivity contribution in [3.05, 3.63) is 36.5 Å². The standard InChI is InChI=1S/C28H38N6O4/c1-5-34-20(3)22-15-21(24(36-4)16-30-22)23-17-33-12-11-29-25(33)26(32-23)38-18-28(9-13-37-14-10-28)8-6-7-19(2)31-27(34)35/h11-12,15-17,19-20H,5-10,13-14,18H2,1-4H3,(H,31,35)/t19-,20+/m0/s1. The molecule has 204 valence electrons. The van der Waals surface area contributed by atoms with E-state index in [2.05, 4.69) is 22.2 Å². The van der Waals surface area contributed by atoms with Crippen molar-refractivity contribution in [1.29, 1.82) is 0 Å². The van der Waals surface area contributed by atoms with Crippen LogP contribution in [0.3, 0.4) is 0 Å². The van der Waals surface area contributed by atoms with Gasteiger partial charge in [-0.2, -0.15) is 0 Å². The summed E-state index contributed by atoms with van der Waals surface area (Å²) < 4.78 is 19.8. The molecule has 5 rings (SSSR count). The summed E-state index contributed by atoms with van der Waals surface area (Å²) in [5.74, 6) is 1.09. The maximum Gasteiger partial charge on any atom is 0.318 e. The molecule has 0 unspecified atom stereocenters. The Hall–Kier alpha value is -3.40. The SMILES string of the molecule is CCN1C(=O)N[C@@H](C)CCCC2(CCOCC2)COc2nc(cn3ccnc23)-c2cc(ncc2OC)[C@H]1C. The Morgan fingerprint density at radius 1 is 1.21 bits per heavy atom. The van der Waals surface area contributed by atoms with Crippen molar-refractivity contribution in [3.63, 3.8) is 0 Å². The third kappa shape index (κ3) is 5.27. The zero-order valence-electron chi connectivity index (χ0n) is 22.8. The minimum atomic E-state index is -0.245. The molecule has 1 saturated heterocycles. The van der Waals surface area contributed by atoms with E-state index in [9.17, 15) is 4.79 Å². The van der Waals surface area contributed by atoms with Gasteiger partial charge in [0.15, 0.2) is 0 Å². The second-order valence-corrected chi connectivity index (χ2v) is 10.5. The van der Waals surface area contributed by atoms with Crippen LogP contribution in [0.4, 0.5) is 4.79 Å². The molecule has 0 radical (unpaired) electrons. The number of fused-ring (bicyclic) bond motifs is 7. The molecule has 2 atom stereocenters. The van der Waals surface area contributed by atoms with E-state index in [1.54, 1.807) is 19.5 Å². The number of amides is 2. The molecule has 0 aromatic carbocycles. The van der Waals surface area contributed by atoms with Crippen LogP contribution in [0, 0.1) is 5.41 Å². The first-order valence-electron chi connectivity index (χ1n) is 13.6. The number of aromatic nitrogens is 4. The zero-order chi connectivity index (χ0) is 26.7. The quantitative estimate of drug-likeness (QED) is 0.523. The fourth-order valence-electron chi connectivity index (χ4n) is 5.57. The zero-order valence-corrected chi connectivity index (χ0v) is 22.8. The fraction of sp³-hybridized carbons (Fsp3) is 0.571. The second kappa shape index (κ2) is 11.1. The van der Waals surface area contributed by atoms with E-state index in [1.807, 2.05) is 41.6 Å². The topological polar surface area (TPSA) is 103 Å². The third-order valence-corrected chi connectivity index (χ3v) is 8.01. The van der Waals surface area contributed by atoms with Gasteiger partial charge in [0.1, 0.15) is 5.75 Å². The van der Waals surface area contributed by atoms with Gasteiger partial charge in [-0.15, -0.1) is 0 Å². The van der Waals surface area contributed by atoms with Crippen LogP contribution >= 0.6 is 0 Å². The first-order chi connectivity index (χ1) is 18.4. The van der Waals surface area contributed by atoms with E-state index in [0.717, 1.165) is 56.6 Å². The van der Waals surface area contributed by atoms with E-state index in [-0.39, 0.29) is 23.5 Å². The van der Waals surface area contributed by atoms with Crippen molar-refractivity contribution in [1.82, 2.24) is 29.6 Å². The van der Waals surface area contributed by atoms with Gasteiger partial charge in [-0.1, -0.05) is 6.42 Å². The number of hydrogen-bond acceptors (Lipinski definition) is 7. The van der Waals surface area contributed by atoms with Gasteiger partial charge in [0.2, 0.25) is 5.65 Å². The Morgan fingerprint density at radius 3 is 2.79 bits per heavy atom. The van der Waals surface area contributed by atoms with Gasteiger partial charge in [-0.25, -0.2) is 14.8 Å². The van der Waals surface area contributed by atoms with Gasteiger partial charge in [0.05, 0.1) is 37.3 Å². The van der Waals surface area contributed by atoms with Crippen molar-refractivity contribution >= 4 is 11.7 Å². The van der Waals surface area contributed by atoms with Crippen LogP contribution < -0.4 is 14.8 Å². The number of methoxy groups -OCH3 is 1. The molecule has 1 fully saturated rings. The van der Waals surface area contributed by atoms with E-state index in [1.165, 1.54) is 0 Å². The number of pyridine rings is 1. The summed E-state index contributed by atoms with van der Waals surface area (Å²) in [6, 6.07) is 1.68. The van der Waals surface area contributed by atoms with Crippen LogP contribution in [0.1, 0.15) is 64.6 Å². The number of nitrogens with zero attached hydrogens (tertiary/aromatic N) is 5. The van der Waals surface area contributed by atoms with Crippen LogP contribution in [0.5, 0.6) is 11.6 Å². The molecule has 2 aliphatic heterocycles. The highest BCUT2D eigenvalue weighted by molar-refractivity contribution is 5.75. The van der Waals surface area contributed by atoms with Gasteiger partial charge in [-0.05, 0) is 52.5 Å². The molecule has 2 amide bonds. The number of rotatable bonds is 2. The van der Waals surface area contributed by atoms with E-state index in [4.69, 9.17) is 19.2 Å². The molecule has 5 heterocycles. The van der Waals surface area contributed by atoms with Gasteiger partial charge >= 0.3 is 6.03 Å². The predicted octanol–water partition coefficient (Wildman–Crippen LogP) is 4.64. The van der Waals surface area contributed by atoms with E-state index < -0.39 is 0 Å². The van der Waals surface area contributed by atoms with Crippen LogP contribution in [-0.2, 0) is 4.74 Å². The van der Waals surface area contributed by atoms with Gasteiger partial charge in [-0.3, -0.25) is 4.98 Å². The lowest BCUT2D eigenvalue weighted by molar-refractivity contribution is -0.0166. The molecule has 3 aromatic rings. The largest absolute Gasteiger partial charge is 0.494 e. The summed E-state index contributed by atoms with van der Waals surface area (Å²) in [7, 11) is 1.62. The monoisotopic (exact) mass is 522 g/mol. The maximum absolute atomic E-state index is 13.3. The predicted molar refractivity (Wildman–Crippen MR) is 143 cm³/mol. The first-order valence-corrected chi connectivity index (χ1v) is 13.6. The Kier molecular flexibility index (Phi) is 7.69. The molecule has 1 spiro atoms. The molecular weight excluding hydrogens is 484 g/mol. The maximum atomic E-state index is 13.3. The average molecular weight is 523 g/mol. The first kappa shape index (κ1) is 26.2. The van der Waals surface area contributed by atoms with E-state index >= 15 is 0 Å². The molecule has 10 heteroatoms. The molecule has 1 N–H and O–H groups in total. The molecule has 2 aliphatic rings. The molecule has 0 saturated carbocycles. The summed E-state index contributed by atoms with van der Waals surface area (Å²) in [6.45, 7) is 8.60. The minimum absolute atomic E-state index is 0.0112. The lowest BCUT2D eigenvalue weighted by atomic mass is 9.76. The Morgan fingerprint density at radius 2 is 2.03 bits per heavy atom. The average Bonchev–Trinajstić information content (AvgIpc) is 3.41. The van der Waals surface area contributed by atoms with Crippen molar-refractivity contribution in [2.75, 3.05) is 33.5 Å². The number of carbonyl (C=O) groups is 1. The Labute approximate surface area is 223 Å². The second-order valence-electron chi connectivity index (χ2n) is 10.5. The smallest absolute Gasteiger partial charge is 0.318 e. The minimum Gasteiger partial charge on any atom is -0.494 e. The summed E-state index contributed by atoms with van der Waals surface area (Å²) in [5.41, 5.74) is 2.88. The Balaban J connectivity index is 1.61. The summed E-state index contributed by atoms with van der Waals surface area (Å²) >= 11 is 0. The highest BCUT2D eigenvalue weighted by Gasteiger charge is 2.34. The van der Waals surface area contributed by atoms with Crippen LogP contribution in [0.2, 0.25) is 0 Å². The molecule has 4 bridgehead atoms. The van der Waals surface area contributed by atoms with Crippen molar-refractivity contribution in [2.24, 2.45) is 5.41 Å². The Bertz CT molecular complexity index is 1270. The van der Waals surface area contributed by atoms with Crippen LogP contribution in [0.15, 0.2) is 30.9 Å². The molecule has 38 heavy (non-hydrogen) atoms. The number of imidazole rings is 1. The normalized spacial score (nSPS) is 22.5. The number of carbonyl (C=O) groups excluding carboxylic acids is 1. The van der Waals surface area contributed by atoms with Crippen LogP contribution in [-0.4, -0.2) is 69.8 Å². The molecule has 0 aliphatic carbocycles. The molecule has 10 nitrogen and oxygen atoms in total. The number of hydrogen-bond donors (Lipinski definition) is 1. The fourth-order valence-corrected chi connectivity index (χ4v) is 5.57. The van der Waals surface area contributed by atoms with Gasteiger partial charge in [0, 0.05) is 55.4 Å². The highest BCUT2D eigenvalue weighted by atomic mass is 16.5. The highest BCUT2D eigenvalue weighted by Crippen LogP contribution is 2.38. The van der Waals surface area contributed by atoms with Gasteiger partial charge < -0.3 is 28.8 Å². The summed E-state index contributed by atoms with van der Waals surface area (Å²) in [6.07, 6.45) is 12.0. The third-order valence-electron chi connectivity index (χ3n) is 8.01. The van der Waals surface area contributed by atoms with Crippen molar-refractivity contribution in [2.45, 2.75) is 65.0 Å². The van der Waals surface area contributed by atoms with Gasteiger partial charge in [0.25, 0.3) is 5.88 Å². The molecule has 3 aromatic heterocycles. The van der Waals surface area contributed by atoms with Crippen molar-refractivity contribution in [3.8, 4) is 22.9 Å². The van der Waals surface area contributed by atoms with Crippen LogP contribution in [0.25, 0.3) is 16.9 Å². The summed E-state index contributed by atoms with van der Waals surface area (Å²) in [4.78, 5) is 29.2. The van der Waals surface area contributed by atoms with Crippen molar-refractivity contribution < 1.29 is 19.0 Å². The lowest BCUT2D eigenvalue weighted by Crippen LogP contribution is -2.45. The summed E-state index contributed by atoms with van der Waals surface area (Å²) in [5, 5.41) is 3.21. The number of nitrogens with one attached hydrogen (secondary N) is 1. The number of urea groups is 1.